The van der Waals surface area contributed by atoms with Gasteiger partial charge in [0, 0.05) is 19.2 Å². The summed E-state index contributed by atoms with van der Waals surface area (Å²) >= 11 is 0. The molecule has 1 fully saturated rings. The molecule has 2 atom stereocenters. The molecule has 0 spiro atoms. The van der Waals surface area contributed by atoms with Crippen LogP contribution in [0, 0.1) is 17.7 Å². The topological polar surface area (TPSA) is 63.4 Å². The average Bonchev–Trinajstić information content (AvgIpc) is 2.81. The second-order valence-electron chi connectivity index (χ2n) is 5.56. The van der Waals surface area contributed by atoms with Crippen LogP contribution in [0.15, 0.2) is 30.3 Å². The van der Waals surface area contributed by atoms with E-state index in [2.05, 4.69) is 0 Å². The molecule has 0 bridgehead atoms. The van der Waals surface area contributed by atoms with Gasteiger partial charge in [-0.1, -0.05) is 19.1 Å². The lowest BCUT2D eigenvalue weighted by atomic mass is 9.98. The van der Waals surface area contributed by atoms with Gasteiger partial charge in [-0.2, -0.15) is 0 Å². The predicted octanol–water partition coefficient (Wildman–Crippen LogP) is 1.81. The highest BCUT2D eigenvalue weighted by Gasteiger charge is 2.35. The zero-order chi connectivity index (χ0) is 15.6. The van der Waals surface area contributed by atoms with Gasteiger partial charge in [0.1, 0.15) is 5.82 Å². The Bertz CT molecular complexity index is 580. The number of primary amides is 1. The van der Waals surface area contributed by atoms with Crippen LogP contribution in [0.3, 0.4) is 0 Å². The summed E-state index contributed by atoms with van der Waals surface area (Å²) in [6, 6.07) is 5.98. The third-order valence-corrected chi connectivity index (χ3v) is 3.93. The van der Waals surface area contributed by atoms with Gasteiger partial charge in [-0.15, -0.1) is 0 Å². The Balaban J connectivity index is 2.09. The number of carbonyl (C=O) groups excluding carboxylic acids is 2. The van der Waals surface area contributed by atoms with E-state index in [4.69, 9.17) is 5.73 Å². The van der Waals surface area contributed by atoms with Gasteiger partial charge in [0.15, 0.2) is 0 Å². The number of halogens is 1. The molecule has 1 heterocycles. The van der Waals surface area contributed by atoms with Crippen LogP contribution in [-0.4, -0.2) is 29.8 Å². The van der Waals surface area contributed by atoms with E-state index in [1.54, 1.807) is 24.0 Å². The Labute approximate surface area is 123 Å². The number of rotatable bonds is 3. The van der Waals surface area contributed by atoms with Gasteiger partial charge in [0.25, 0.3) is 0 Å². The number of carbonyl (C=O) groups is 2. The highest BCUT2D eigenvalue weighted by atomic mass is 19.1. The molecule has 1 aliphatic rings. The molecule has 0 saturated carbocycles. The van der Waals surface area contributed by atoms with E-state index in [1.807, 2.05) is 6.92 Å². The maximum atomic E-state index is 12.9. The molecule has 112 valence electrons. The zero-order valence-corrected chi connectivity index (χ0v) is 12.2. The highest BCUT2D eigenvalue weighted by molar-refractivity contribution is 5.95. The first-order valence-electron chi connectivity index (χ1n) is 6.91. The summed E-state index contributed by atoms with van der Waals surface area (Å²) in [5.41, 5.74) is 6.88. The molecule has 0 aliphatic carbocycles. The van der Waals surface area contributed by atoms with Crippen LogP contribution in [0.2, 0.25) is 0 Å². The van der Waals surface area contributed by atoms with Gasteiger partial charge in [0.2, 0.25) is 11.8 Å². The molecule has 5 heteroatoms. The molecule has 1 saturated heterocycles. The van der Waals surface area contributed by atoms with E-state index >= 15 is 0 Å². The van der Waals surface area contributed by atoms with Crippen LogP contribution in [0.4, 0.5) is 4.39 Å². The highest BCUT2D eigenvalue weighted by Crippen LogP contribution is 2.23. The molecule has 2 rings (SSSR count). The van der Waals surface area contributed by atoms with Crippen LogP contribution in [0.5, 0.6) is 0 Å². The van der Waals surface area contributed by atoms with Gasteiger partial charge in [-0.25, -0.2) is 4.39 Å². The van der Waals surface area contributed by atoms with Crippen molar-refractivity contribution in [3.63, 3.8) is 0 Å². The zero-order valence-electron chi connectivity index (χ0n) is 12.2. The lowest BCUT2D eigenvalue weighted by Gasteiger charge is -2.14. The first kappa shape index (κ1) is 15.2. The molecule has 2 N–H and O–H groups in total. The van der Waals surface area contributed by atoms with E-state index in [1.165, 1.54) is 18.2 Å². The average molecular weight is 290 g/mol. The predicted molar refractivity (Wildman–Crippen MR) is 78.5 cm³/mol. The maximum Gasteiger partial charge on any atom is 0.246 e. The number of amides is 2. The Morgan fingerprint density at radius 1 is 1.29 bits per heavy atom. The van der Waals surface area contributed by atoms with E-state index < -0.39 is 0 Å². The van der Waals surface area contributed by atoms with Gasteiger partial charge < -0.3 is 10.6 Å². The van der Waals surface area contributed by atoms with Crippen LogP contribution in [0.1, 0.15) is 19.4 Å². The number of nitrogens with two attached hydrogens (primary N) is 1. The first-order chi connectivity index (χ1) is 9.88. The Morgan fingerprint density at radius 2 is 1.90 bits per heavy atom. The Hall–Kier alpha value is -2.17. The third kappa shape index (κ3) is 3.48. The van der Waals surface area contributed by atoms with Crippen molar-refractivity contribution in [2.45, 2.75) is 13.8 Å². The smallest absolute Gasteiger partial charge is 0.246 e. The second kappa shape index (κ2) is 6.08. The molecule has 1 aliphatic heterocycles. The first-order valence-corrected chi connectivity index (χ1v) is 6.91. The fourth-order valence-electron chi connectivity index (χ4n) is 2.59. The molecule has 2 amide bonds. The summed E-state index contributed by atoms with van der Waals surface area (Å²) in [7, 11) is 0. The fraction of sp³-hybridized carbons (Fsp3) is 0.375. The second-order valence-corrected chi connectivity index (χ2v) is 5.56. The SMILES string of the molecule is C/C(=C\C(=O)N1C[C@@H](C)[C@H](C(N)=O)C1)c1ccc(F)cc1. The Morgan fingerprint density at radius 3 is 2.43 bits per heavy atom. The van der Waals surface area contributed by atoms with Crippen molar-refractivity contribution < 1.29 is 14.0 Å². The van der Waals surface area contributed by atoms with Crippen LogP contribution in [-0.2, 0) is 9.59 Å². The van der Waals surface area contributed by atoms with Gasteiger partial charge in [0.05, 0.1) is 5.92 Å². The molecule has 0 aromatic heterocycles. The maximum absolute atomic E-state index is 12.9. The van der Waals surface area contributed by atoms with Crippen molar-refractivity contribution >= 4 is 17.4 Å². The normalized spacial score (nSPS) is 22.4. The molecule has 4 nitrogen and oxygen atoms in total. The quantitative estimate of drug-likeness (QED) is 0.863. The monoisotopic (exact) mass is 290 g/mol. The number of benzene rings is 1. The largest absolute Gasteiger partial charge is 0.369 e. The minimum atomic E-state index is -0.364. The summed E-state index contributed by atoms with van der Waals surface area (Å²) in [4.78, 5) is 25.2. The number of allylic oxidation sites excluding steroid dienone is 1. The summed E-state index contributed by atoms with van der Waals surface area (Å²) in [6.07, 6.45) is 1.52. The Kier molecular flexibility index (Phi) is 4.40. The molecular weight excluding hydrogens is 271 g/mol. The van der Waals surface area contributed by atoms with Crippen molar-refractivity contribution in [3.8, 4) is 0 Å². The standard InChI is InChI=1S/C16H19FN2O2/c1-10(12-3-5-13(17)6-4-12)7-15(20)19-8-11(2)14(9-19)16(18)21/h3-7,11,14H,8-9H2,1-2H3,(H2,18,21)/b10-7+/t11-,14-/m1/s1. The number of nitrogens with zero attached hydrogens (tertiary/aromatic N) is 1. The number of likely N-dealkylation sites (tertiary alicyclic amines) is 1. The summed E-state index contributed by atoms with van der Waals surface area (Å²) in [5.74, 6) is -1.03. The van der Waals surface area contributed by atoms with E-state index in [0.29, 0.717) is 13.1 Å². The molecule has 1 aromatic rings. The number of hydrogen-bond donors (Lipinski definition) is 1. The van der Waals surface area contributed by atoms with Crippen molar-refractivity contribution in [1.29, 1.82) is 0 Å². The van der Waals surface area contributed by atoms with Gasteiger partial charge in [-0.05, 0) is 36.1 Å². The summed E-state index contributed by atoms with van der Waals surface area (Å²) in [5, 5.41) is 0. The van der Waals surface area contributed by atoms with Crippen LogP contribution < -0.4 is 5.73 Å². The van der Waals surface area contributed by atoms with E-state index in [9.17, 15) is 14.0 Å². The van der Waals surface area contributed by atoms with Crippen molar-refractivity contribution in [3.05, 3.63) is 41.7 Å². The van der Waals surface area contributed by atoms with Crippen LogP contribution >= 0.6 is 0 Å². The third-order valence-electron chi connectivity index (χ3n) is 3.93. The minimum absolute atomic E-state index is 0.0750. The number of hydrogen-bond acceptors (Lipinski definition) is 2. The van der Waals surface area contributed by atoms with Crippen LogP contribution in [0.25, 0.3) is 5.57 Å². The molecule has 1 aromatic carbocycles. The molecule has 0 unspecified atom stereocenters. The van der Waals surface area contributed by atoms with E-state index in [0.717, 1.165) is 11.1 Å². The van der Waals surface area contributed by atoms with Gasteiger partial charge in [-0.3, -0.25) is 9.59 Å². The summed E-state index contributed by atoms with van der Waals surface area (Å²) < 4.78 is 12.9. The van der Waals surface area contributed by atoms with Crippen molar-refractivity contribution in [2.24, 2.45) is 17.6 Å². The van der Waals surface area contributed by atoms with Crippen molar-refractivity contribution in [1.82, 2.24) is 4.90 Å². The fourth-order valence-corrected chi connectivity index (χ4v) is 2.59. The van der Waals surface area contributed by atoms with E-state index in [-0.39, 0.29) is 29.5 Å². The van der Waals surface area contributed by atoms with Gasteiger partial charge >= 0.3 is 0 Å². The summed E-state index contributed by atoms with van der Waals surface area (Å²) in [6.45, 7) is 4.61. The van der Waals surface area contributed by atoms with Crippen molar-refractivity contribution in [2.75, 3.05) is 13.1 Å². The molecule has 21 heavy (non-hydrogen) atoms. The lowest BCUT2D eigenvalue weighted by Crippen LogP contribution is -2.31. The molecule has 0 radical (unpaired) electrons. The molecular formula is C16H19FN2O2. The lowest BCUT2D eigenvalue weighted by molar-refractivity contribution is -0.125. The minimum Gasteiger partial charge on any atom is -0.369 e.